The molecule has 1 amide bonds. The van der Waals surface area contributed by atoms with Gasteiger partial charge in [0.2, 0.25) is 5.91 Å². The molecule has 1 saturated heterocycles. The second kappa shape index (κ2) is 8.14. The standard InChI is InChI=1S/C24H24FN3O2/c1-15-4-3-11-28(15)24-13-18(17-5-8-20(9-6-17)26-16(2)29)12-22(27-24)21-14-19(25)7-10-23(21)30/h5-10,12-15,30H,3-4,11H2,1-2H3,(H,26,29). The van der Waals surface area contributed by atoms with Crippen LogP contribution in [0.15, 0.2) is 54.6 Å². The third kappa shape index (κ3) is 4.13. The van der Waals surface area contributed by atoms with Crippen molar-refractivity contribution in [3.05, 3.63) is 60.4 Å². The maximum absolute atomic E-state index is 13.9. The van der Waals surface area contributed by atoms with E-state index in [9.17, 15) is 14.3 Å². The molecular weight excluding hydrogens is 381 g/mol. The number of hydrogen-bond acceptors (Lipinski definition) is 4. The van der Waals surface area contributed by atoms with Crippen LogP contribution in [0.4, 0.5) is 15.9 Å². The highest BCUT2D eigenvalue weighted by molar-refractivity contribution is 5.89. The summed E-state index contributed by atoms with van der Waals surface area (Å²) >= 11 is 0. The molecule has 5 nitrogen and oxygen atoms in total. The first kappa shape index (κ1) is 19.9. The lowest BCUT2D eigenvalue weighted by atomic mass is 10.0. The smallest absolute Gasteiger partial charge is 0.221 e. The number of phenolic OH excluding ortho intramolecular Hbond substituents is 1. The molecule has 1 fully saturated rings. The van der Waals surface area contributed by atoms with Crippen molar-refractivity contribution in [2.75, 3.05) is 16.8 Å². The van der Waals surface area contributed by atoms with E-state index in [2.05, 4.69) is 17.1 Å². The van der Waals surface area contributed by atoms with Crippen LogP contribution in [-0.4, -0.2) is 28.6 Å². The highest BCUT2D eigenvalue weighted by atomic mass is 19.1. The maximum atomic E-state index is 13.9. The van der Waals surface area contributed by atoms with Gasteiger partial charge in [0, 0.05) is 30.8 Å². The monoisotopic (exact) mass is 405 g/mol. The van der Waals surface area contributed by atoms with Crippen LogP contribution in [0.2, 0.25) is 0 Å². The van der Waals surface area contributed by atoms with Gasteiger partial charge in [-0.2, -0.15) is 0 Å². The number of benzene rings is 2. The summed E-state index contributed by atoms with van der Waals surface area (Å²) in [6.45, 7) is 4.55. The molecule has 1 atom stereocenters. The number of anilines is 2. The molecule has 6 heteroatoms. The topological polar surface area (TPSA) is 65.5 Å². The molecule has 0 saturated carbocycles. The summed E-state index contributed by atoms with van der Waals surface area (Å²) < 4.78 is 13.9. The van der Waals surface area contributed by atoms with Crippen molar-refractivity contribution in [1.82, 2.24) is 4.98 Å². The molecule has 2 aromatic carbocycles. The second-order valence-corrected chi connectivity index (χ2v) is 7.70. The van der Waals surface area contributed by atoms with Gasteiger partial charge in [-0.1, -0.05) is 12.1 Å². The van der Waals surface area contributed by atoms with Crippen LogP contribution in [0.3, 0.4) is 0 Å². The molecular formula is C24H24FN3O2. The van der Waals surface area contributed by atoms with Crippen LogP contribution in [-0.2, 0) is 4.79 Å². The molecule has 0 aliphatic carbocycles. The highest BCUT2D eigenvalue weighted by Gasteiger charge is 2.23. The quantitative estimate of drug-likeness (QED) is 0.626. The van der Waals surface area contributed by atoms with E-state index in [1.165, 1.54) is 25.1 Å². The average Bonchev–Trinajstić information content (AvgIpc) is 3.15. The minimum absolute atomic E-state index is 0.0116. The number of carbonyl (C=O) groups excluding carboxylic acids is 1. The first-order valence-electron chi connectivity index (χ1n) is 10.1. The Hall–Kier alpha value is -3.41. The number of amides is 1. The van der Waals surface area contributed by atoms with Crippen LogP contribution in [0.5, 0.6) is 5.75 Å². The number of aromatic nitrogens is 1. The number of nitrogens with zero attached hydrogens (tertiary/aromatic N) is 2. The minimum Gasteiger partial charge on any atom is -0.507 e. The third-order valence-electron chi connectivity index (χ3n) is 5.43. The third-order valence-corrected chi connectivity index (χ3v) is 5.43. The first-order valence-corrected chi connectivity index (χ1v) is 10.1. The first-order chi connectivity index (χ1) is 14.4. The number of hydrogen-bond donors (Lipinski definition) is 2. The number of rotatable bonds is 4. The van der Waals surface area contributed by atoms with Crippen LogP contribution in [0, 0.1) is 5.82 Å². The lowest BCUT2D eigenvalue weighted by molar-refractivity contribution is -0.114. The zero-order valence-electron chi connectivity index (χ0n) is 17.0. The van der Waals surface area contributed by atoms with Gasteiger partial charge in [-0.05, 0) is 73.4 Å². The maximum Gasteiger partial charge on any atom is 0.221 e. The Kier molecular flexibility index (Phi) is 5.40. The number of nitrogens with one attached hydrogen (secondary N) is 1. The normalized spacial score (nSPS) is 16.0. The van der Waals surface area contributed by atoms with Gasteiger partial charge in [-0.15, -0.1) is 0 Å². The molecule has 0 spiro atoms. The van der Waals surface area contributed by atoms with E-state index in [4.69, 9.17) is 4.98 Å². The fraction of sp³-hybridized carbons (Fsp3) is 0.250. The zero-order valence-corrected chi connectivity index (χ0v) is 17.0. The lowest BCUT2D eigenvalue weighted by Crippen LogP contribution is -2.27. The van der Waals surface area contributed by atoms with Gasteiger partial charge in [0.25, 0.3) is 0 Å². The van der Waals surface area contributed by atoms with Crippen LogP contribution >= 0.6 is 0 Å². The molecule has 1 aliphatic rings. The Balaban J connectivity index is 1.81. The fourth-order valence-corrected chi connectivity index (χ4v) is 3.90. The van der Waals surface area contributed by atoms with Gasteiger partial charge in [-0.3, -0.25) is 4.79 Å². The van der Waals surface area contributed by atoms with E-state index in [0.717, 1.165) is 42.0 Å². The van der Waals surface area contributed by atoms with E-state index in [0.29, 0.717) is 17.3 Å². The number of halogens is 1. The lowest BCUT2D eigenvalue weighted by Gasteiger charge is -2.24. The highest BCUT2D eigenvalue weighted by Crippen LogP contribution is 2.35. The number of carbonyl (C=O) groups is 1. The Bertz CT molecular complexity index is 1080. The van der Waals surface area contributed by atoms with E-state index in [1.807, 2.05) is 36.4 Å². The SMILES string of the molecule is CC(=O)Nc1ccc(-c2cc(-c3cc(F)ccc3O)nc(N3CCCC3C)c2)cc1. The van der Waals surface area contributed by atoms with Gasteiger partial charge in [0.15, 0.2) is 0 Å². The Labute approximate surface area is 175 Å². The molecule has 0 bridgehead atoms. The summed E-state index contributed by atoms with van der Waals surface area (Å²) in [5.74, 6) is 0.246. The van der Waals surface area contributed by atoms with E-state index in [-0.39, 0.29) is 11.7 Å². The molecule has 3 aromatic rings. The van der Waals surface area contributed by atoms with Crippen molar-refractivity contribution in [2.45, 2.75) is 32.7 Å². The number of aromatic hydroxyl groups is 1. The van der Waals surface area contributed by atoms with Crippen LogP contribution in [0.25, 0.3) is 22.4 Å². The zero-order chi connectivity index (χ0) is 21.3. The van der Waals surface area contributed by atoms with E-state index < -0.39 is 5.82 Å². The molecule has 1 aliphatic heterocycles. The molecule has 1 aromatic heterocycles. The van der Waals surface area contributed by atoms with Gasteiger partial charge in [0.05, 0.1) is 5.69 Å². The van der Waals surface area contributed by atoms with Gasteiger partial charge in [0.1, 0.15) is 17.4 Å². The van der Waals surface area contributed by atoms with Crippen molar-refractivity contribution >= 4 is 17.4 Å². The predicted molar refractivity (Wildman–Crippen MR) is 117 cm³/mol. The predicted octanol–water partition coefficient (Wildman–Crippen LogP) is 5.21. The summed E-state index contributed by atoms with van der Waals surface area (Å²) in [7, 11) is 0. The molecule has 0 radical (unpaired) electrons. The molecule has 4 rings (SSSR count). The Morgan fingerprint density at radius 3 is 2.57 bits per heavy atom. The Morgan fingerprint density at radius 1 is 1.13 bits per heavy atom. The molecule has 154 valence electrons. The summed E-state index contributed by atoms with van der Waals surface area (Å²) in [5, 5.41) is 13.1. The van der Waals surface area contributed by atoms with E-state index in [1.54, 1.807) is 0 Å². The number of phenols is 1. The van der Waals surface area contributed by atoms with E-state index >= 15 is 0 Å². The Morgan fingerprint density at radius 2 is 1.90 bits per heavy atom. The number of pyridine rings is 1. The van der Waals surface area contributed by atoms with Crippen molar-refractivity contribution in [3.63, 3.8) is 0 Å². The summed E-state index contributed by atoms with van der Waals surface area (Å²) in [4.78, 5) is 18.3. The van der Waals surface area contributed by atoms with Crippen molar-refractivity contribution in [1.29, 1.82) is 0 Å². The van der Waals surface area contributed by atoms with Crippen molar-refractivity contribution in [3.8, 4) is 28.1 Å². The van der Waals surface area contributed by atoms with Crippen molar-refractivity contribution < 1.29 is 14.3 Å². The van der Waals surface area contributed by atoms with Crippen molar-refractivity contribution in [2.24, 2.45) is 0 Å². The molecule has 30 heavy (non-hydrogen) atoms. The van der Waals surface area contributed by atoms with Gasteiger partial charge in [-0.25, -0.2) is 9.37 Å². The molecule has 2 heterocycles. The summed E-state index contributed by atoms with van der Waals surface area (Å²) in [6, 6.07) is 15.7. The summed E-state index contributed by atoms with van der Waals surface area (Å²) in [6.07, 6.45) is 2.19. The van der Waals surface area contributed by atoms with Gasteiger partial charge >= 0.3 is 0 Å². The average molecular weight is 405 g/mol. The van der Waals surface area contributed by atoms with Crippen LogP contribution in [0.1, 0.15) is 26.7 Å². The molecule has 2 N–H and O–H groups in total. The summed E-state index contributed by atoms with van der Waals surface area (Å²) in [5.41, 5.74) is 3.45. The molecule has 1 unspecified atom stereocenters. The fourth-order valence-electron chi connectivity index (χ4n) is 3.90. The minimum atomic E-state index is -0.425. The van der Waals surface area contributed by atoms with Gasteiger partial charge < -0.3 is 15.3 Å². The second-order valence-electron chi connectivity index (χ2n) is 7.70. The largest absolute Gasteiger partial charge is 0.507 e. The van der Waals surface area contributed by atoms with Crippen LogP contribution < -0.4 is 10.2 Å².